The standard InChI is InChI=1S/C15H28N4/c1-7-11(5)12(6)17-14-9-13(16-8-2)18-15(19-14)10(3)4/h9-12H,7-8H2,1-6H3,(H2,16,17,18,19). The highest BCUT2D eigenvalue weighted by atomic mass is 15.1. The fourth-order valence-corrected chi connectivity index (χ4v) is 1.80. The molecule has 0 radical (unpaired) electrons. The predicted octanol–water partition coefficient (Wildman–Crippen LogP) is 3.88. The van der Waals surface area contributed by atoms with E-state index in [1.807, 2.05) is 6.07 Å². The van der Waals surface area contributed by atoms with Crippen LogP contribution in [0.5, 0.6) is 0 Å². The summed E-state index contributed by atoms with van der Waals surface area (Å²) in [7, 11) is 0. The maximum Gasteiger partial charge on any atom is 0.135 e. The molecule has 0 aliphatic heterocycles. The first-order chi connectivity index (χ1) is 8.97. The summed E-state index contributed by atoms with van der Waals surface area (Å²) >= 11 is 0. The highest BCUT2D eigenvalue weighted by molar-refractivity contribution is 5.48. The van der Waals surface area contributed by atoms with Gasteiger partial charge in [0.05, 0.1) is 0 Å². The van der Waals surface area contributed by atoms with Gasteiger partial charge in [-0.3, -0.25) is 0 Å². The number of hydrogen-bond acceptors (Lipinski definition) is 4. The van der Waals surface area contributed by atoms with Crippen LogP contribution in [-0.4, -0.2) is 22.6 Å². The van der Waals surface area contributed by atoms with Gasteiger partial charge in [-0.05, 0) is 19.8 Å². The molecule has 4 heteroatoms. The van der Waals surface area contributed by atoms with E-state index >= 15 is 0 Å². The van der Waals surface area contributed by atoms with Crippen LogP contribution in [0.4, 0.5) is 11.6 Å². The van der Waals surface area contributed by atoms with E-state index in [9.17, 15) is 0 Å². The number of rotatable bonds is 7. The molecule has 1 aromatic rings. The van der Waals surface area contributed by atoms with Gasteiger partial charge in [-0.1, -0.05) is 34.1 Å². The molecule has 108 valence electrons. The van der Waals surface area contributed by atoms with Crippen LogP contribution >= 0.6 is 0 Å². The zero-order valence-electron chi connectivity index (χ0n) is 13.1. The molecule has 2 unspecified atom stereocenters. The van der Waals surface area contributed by atoms with Crippen LogP contribution in [0.1, 0.15) is 59.7 Å². The molecule has 0 saturated heterocycles. The summed E-state index contributed by atoms with van der Waals surface area (Å²) in [6.45, 7) is 13.9. The van der Waals surface area contributed by atoms with E-state index in [1.54, 1.807) is 0 Å². The molecular weight excluding hydrogens is 236 g/mol. The quantitative estimate of drug-likeness (QED) is 0.784. The second kappa shape index (κ2) is 7.31. The normalized spacial score (nSPS) is 14.3. The molecule has 0 amide bonds. The van der Waals surface area contributed by atoms with Crippen molar-refractivity contribution in [2.75, 3.05) is 17.2 Å². The highest BCUT2D eigenvalue weighted by Crippen LogP contribution is 2.19. The van der Waals surface area contributed by atoms with Crippen LogP contribution in [0, 0.1) is 5.92 Å². The van der Waals surface area contributed by atoms with Gasteiger partial charge >= 0.3 is 0 Å². The molecule has 1 rings (SSSR count). The van der Waals surface area contributed by atoms with E-state index in [0.29, 0.717) is 17.9 Å². The molecule has 0 spiro atoms. The lowest BCUT2D eigenvalue weighted by Gasteiger charge is -2.21. The van der Waals surface area contributed by atoms with Gasteiger partial charge < -0.3 is 10.6 Å². The van der Waals surface area contributed by atoms with Gasteiger partial charge in [-0.15, -0.1) is 0 Å². The Labute approximate surface area is 117 Å². The van der Waals surface area contributed by atoms with Crippen molar-refractivity contribution in [2.45, 2.75) is 59.9 Å². The average Bonchev–Trinajstić information content (AvgIpc) is 2.37. The Hall–Kier alpha value is -1.32. The Balaban J connectivity index is 2.92. The van der Waals surface area contributed by atoms with Crippen LogP contribution in [0.25, 0.3) is 0 Å². The summed E-state index contributed by atoms with van der Waals surface area (Å²) < 4.78 is 0. The molecule has 0 aromatic carbocycles. The molecule has 0 saturated carbocycles. The summed E-state index contributed by atoms with van der Waals surface area (Å²) in [4.78, 5) is 9.14. The van der Waals surface area contributed by atoms with Gasteiger partial charge in [0.25, 0.3) is 0 Å². The molecule has 0 aliphatic carbocycles. The van der Waals surface area contributed by atoms with Crippen molar-refractivity contribution in [1.82, 2.24) is 9.97 Å². The van der Waals surface area contributed by atoms with Crippen molar-refractivity contribution in [3.8, 4) is 0 Å². The van der Waals surface area contributed by atoms with Crippen LogP contribution in [0.3, 0.4) is 0 Å². The van der Waals surface area contributed by atoms with Crippen LogP contribution < -0.4 is 10.6 Å². The first kappa shape index (κ1) is 15.7. The lowest BCUT2D eigenvalue weighted by atomic mass is 10.0. The van der Waals surface area contributed by atoms with Gasteiger partial charge in [-0.2, -0.15) is 0 Å². The Kier molecular flexibility index (Phi) is 6.06. The first-order valence-corrected chi connectivity index (χ1v) is 7.37. The largest absolute Gasteiger partial charge is 0.370 e. The third-order valence-corrected chi connectivity index (χ3v) is 3.49. The number of nitrogens with zero attached hydrogens (tertiary/aromatic N) is 2. The van der Waals surface area contributed by atoms with Gasteiger partial charge in [0.2, 0.25) is 0 Å². The van der Waals surface area contributed by atoms with E-state index in [-0.39, 0.29) is 0 Å². The average molecular weight is 264 g/mol. The minimum atomic E-state index is 0.332. The molecule has 2 atom stereocenters. The Morgan fingerprint density at radius 3 is 2.21 bits per heavy atom. The van der Waals surface area contributed by atoms with Crippen molar-refractivity contribution in [3.63, 3.8) is 0 Å². The molecule has 0 bridgehead atoms. The van der Waals surface area contributed by atoms with E-state index < -0.39 is 0 Å². The fourth-order valence-electron chi connectivity index (χ4n) is 1.80. The van der Waals surface area contributed by atoms with E-state index in [0.717, 1.165) is 30.4 Å². The summed E-state index contributed by atoms with van der Waals surface area (Å²) in [5, 5.41) is 6.76. The highest BCUT2D eigenvalue weighted by Gasteiger charge is 2.13. The third kappa shape index (κ3) is 4.69. The smallest absolute Gasteiger partial charge is 0.135 e. The van der Waals surface area contributed by atoms with Gasteiger partial charge in [0.1, 0.15) is 17.5 Å². The Morgan fingerprint density at radius 2 is 1.68 bits per heavy atom. The van der Waals surface area contributed by atoms with E-state index in [4.69, 9.17) is 0 Å². The first-order valence-electron chi connectivity index (χ1n) is 7.37. The molecule has 4 nitrogen and oxygen atoms in total. The second-order valence-corrected chi connectivity index (χ2v) is 5.50. The van der Waals surface area contributed by atoms with Crippen molar-refractivity contribution in [1.29, 1.82) is 0 Å². The fraction of sp³-hybridized carbons (Fsp3) is 0.733. The van der Waals surface area contributed by atoms with Gasteiger partial charge in [0.15, 0.2) is 0 Å². The molecule has 1 heterocycles. The summed E-state index contributed by atoms with van der Waals surface area (Å²) in [6.07, 6.45) is 1.16. The minimum Gasteiger partial charge on any atom is -0.370 e. The Bertz CT molecular complexity index is 390. The van der Waals surface area contributed by atoms with Gasteiger partial charge in [0, 0.05) is 24.6 Å². The maximum absolute atomic E-state index is 4.61. The monoisotopic (exact) mass is 264 g/mol. The number of nitrogens with one attached hydrogen (secondary N) is 2. The predicted molar refractivity (Wildman–Crippen MR) is 82.8 cm³/mol. The topological polar surface area (TPSA) is 49.8 Å². The van der Waals surface area contributed by atoms with Crippen molar-refractivity contribution >= 4 is 11.6 Å². The molecule has 2 N–H and O–H groups in total. The van der Waals surface area contributed by atoms with Crippen molar-refractivity contribution < 1.29 is 0 Å². The summed E-state index contributed by atoms with van der Waals surface area (Å²) in [5.41, 5.74) is 0. The third-order valence-electron chi connectivity index (χ3n) is 3.49. The molecule has 1 aromatic heterocycles. The minimum absolute atomic E-state index is 0.332. The number of aromatic nitrogens is 2. The lowest BCUT2D eigenvalue weighted by Crippen LogP contribution is -2.24. The molecule has 19 heavy (non-hydrogen) atoms. The molecular formula is C15H28N4. The van der Waals surface area contributed by atoms with Crippen LogP contribution in [0.15, 0.2) is 6.07 Å². The van der Waals surface area contributed by atoms with Crippen molar-refractivity contribution in [3.05, 3.63) is 11.9 Å². The van der Waals surface area contributed by atoms with Crippen LogP contribution in [-0.2, 0) is 0 Å². The zero-order chi connectivity index (χ0) is 14.4. The second-order valence-electron chi connectivity index (χ2n) is 5.50. The lowest BCUT2D eigenvalue weighted by molar-refractivity contribution is 0.493. The van der Waals surface area contributed by atoms with E-state index in [1.165, 1.54) is 0 Å². The van der Waals surface area contributed by atoms with Crippen molar-refractivity contribution in [2.24, 2.45) is 5.92 Å². The number of anilines is 2. The SMILES string of the molecule is CCNc1cc(NC(C)C(C)CC)nc(C(C)C)n1. The van der Waals surface area contributed by atoms with E-state index in [2.05, 4.69) is 62.1 Å². The molecule has 0 aliphatic rings. The zero-order valence-corrected chi connectivity index (χ0v) is 13.1. The molecule has 0 fully saturated rings. The number of hydrogen-bond donors (Lipinski definition) is 2. The summed E-state index contributed by atoms with van der Waals surface area (Å²) in [5.74, 6) is 3.66. The Morgan fingerprint density at radius 1 is 1.05 bits per heavy atom. The summed E-state index contributed by atoms with van der Waals surface area (Å²) in [6, 6.07) is 2.41. The van der Waals surface area contributed by atoms with Crippen LogP contribution in [0.2, 0.25) is 0 Å². The maximum atomic E-state index is 4.61. The van der Waals surface area contributed by atoms with Gasteiger partial charge in [-0.25, -0.2) is 9.97 Å².